The fraction of sp³-hybridized carbons (Fsp3) is 0.533. The third-order valence-corrected chi connectivity index (χ3v) is 3.84. The van der Waals surface area contributed by atoms with E-state index in [2.05, 4.69) is 30.0 Å². The number of amides is 1. The van der Waals surface area contributed by atoms with Gasteiger partial charge in [-0.25, -0.2) is 0 Å². The van der Waals surface area contributed by atoms with Gasteiger partial charge in [-0.1, -0.05) is 12.1 Å². The number of carbonyl (C=O) groups excluding carboxylic acids is 1. The minimum Gasteiger partial charge on any atom is -0.335 e. The van der Waals surface area contributed by atoms with Crippen LogP contribution in [0.4, 0.5) is 0 Å². The number of carbonyl (C=O) groups is 1. The standard InChI is InChI=1S/C15H20N2O/c1-16(2)10-11-4-3-5-14-13(11)8-9-17(15(14)18)12-6-7-12/h3-5,12H,6-10H2,1-2H3. The first kappa shape index (κ1) is 11.7. The van der Waals surface area contributed by atoms with E-state index < -0.39 is 0 Å². The molecular weight excluding hydrogens is 224 g/mol. The van der Waals surface area contributed by atoms with Crippen LogP contribution in [0.15, 0.2) is 18.2 Å². The zero-order chi connectivity index (χ0) is 12.7. The lowest BCUT2D eigenvalue weighted by atomic mass is 9.93. The van der Waals surface area contributed by atoms with Gasteiger partial charge in [0.1, 0.15) is 0 Å². The molecule has 1 aliphatic heterocycles. The van der Waals surface area contributed by atoms with Gasteiger partial charge in [-0.3, -0.25) is 4.79 Å². The minimum atomic E-state index is 0.249. The van der Waals surface area contributed by atoms with Gasteiger partial charge in [0.2, 0.25) is 0 Å². The second kappa shape index (κ2) is 4.39. The summed E-state index contributed by atoms with van der Waals surface area (Å²) in [5.74, 6) is 0.249. The summed E-state index contributed by atoms with van der Waals surface area (Å²) in [6.07, 6.45) is 3.40. The van der Waals surface area contributed by atoms with Crippen LogP contribution >= 0.6 is 0 Å². The van der Waals surface area contributed by atoms with E-state index >= 15 is 0 Å². The van der Waals surface area contributed by atoms with Crippen LogP contribution in [0.3, 0.4) is 0 Å². The van der Waals surface area contributed by atoms with Crippen LogP contribution < -0.4 is 0 Å². The molecule has 1 aliphatic carbocycles. The second-order valence-corrected chi connectivity index (χ2v) is 5.66. The van der Waals surface area contributed by atoms with E-state index in [0.29, 0.717) is 6.04 Å². The molecule has 3 nitrogen and oxygen atoms in total. The molecule has 3 heteroatoms. The third-order valence-electron chi connectivity index (χ3n) is 3.84. The van der Waals surface area contributed by atoms with E-state index in [0.717, 1.165) is 25.1 Å². The maximum absolute atomic E-state index is 12.4. The fourth-order valence-electron chi connectivity index (χ4n) is 2.84. The highest BCUT2D eigenvalue weighted by atomic mass is 16.2. The van der Waals surface area contributed by atoms with Crippen molar-refractivity contribution < 1.29 is 4.79 Å². The Balaban J connectivity index is 1.93. The van der Waals surface area contributed by atoms with Crippen molar-refractivity contribution in [2.75, 3.05) is 20.6 Å². The molecule has 1 aromatic rings. The van der Waals surface area contributed by atoms with Crippen molar-refractivity contribution in [2.45, 2.75) is 31.8 Å². The van der Waals surface area contributed by atoms with Crippen LogP contribution in [0.1, 0.15) is 34.3 Å². The lowest BCUT2D eigenvalue weighted by molar-refractivity contribution is 0.0726. The molecule has 2 aliphatic rings. The Bertz CT molecular complexity index is 477. The first-order valence-electron chi connectivity index (χ1n) is 6.73. The first-order valence-corrected chi connectivity index (χ1v) is 6.73. The maximum atomic E-state index is 12.4. The lowest BCUT2D eigenvalue weighted by Gasteiger charge is -2.30. The summed E-state index contributed by atoms with van der Waals surface area (Å²) in [7, 11) is 4.14. The molecule has 0 saturated heterocycles. The van der Waals surface area contributed by atoms with E-state index in [4.69, 9.17) is 0 Å². The Kier molecular flexibility index (Phi) is 2.86. The molecule has 0 aromatic heterocycles. The Morgan fingerprint density at radius 1 is 1.33 bits per heavy atom. The Morgan fingerprint density at radius 3 is 2.78 bits per heavy atom. The summed E-state index contributed by atoms with van der Waals surface area (Å²) in [6.45, 7) is 1.82. The van der Waals surface area contributed by atoms with Crippen molar-refractivity contribution in [3.63, 3.8) is 0 Å². The highest BCUT2D eigenvalue weighted by Gasteiger charge is 2.36. The quantitative estimate of drug-likeness (QED) is 0.811. The molecule has 0 unspecified atom stereocenters. The molecule has 0 spiro atoms. The van der Waals surface area contributed by atoms with Gasteiger partial charge in [0.15, 0.2) is 0 Å². The van der Waals surface area contributed by atoms with Crippen molar-refractivity contribution in [1.82, 2.24) is 9.80 Å². The number of hydrogen-bond acceptors (Lipinski definition) is 2. The van der Waals surface area contributed by atoms with Crippen LogP contribution in [-0.4, -0.2) is 42.4 Å². The molecule has 1 heterocycles. The van der Waals surface area contributed by atoms with E-state index in [-0.39, 0.29) is 5.91 Å². The highest BCUT2D eigenvalue weighted by Crippen LogP contribution is 2.32. The van der Waals surface area contributed by atoms with E-state index in [1.807, 2.05) is 12.1 Å². The van der Waals surface area contributed by atoms with Gasteiger partial charge in [-0.05, 0) is 50.6 Å². The fourth-order valence-corrected chi connectivity index (χ4v) is 2.84. The van der Waals surface area contributed by atoms with Gasteiger partial charge >= 0.3 is 0 Å². The van der Waals surface area contributed by atoms with E-state index in [9.17, 15) is 4.79 Å². The van der Waals surface area contributed by atoms with Crippen molar-refractivity contribution >= 4 is 5.91 Å². The molecule has 1 fully saturated rings. The first-order chi connectivity index (χ1) is 8.66. The van der Waals surface area contributed by atoms with Gasteiger partial charge in [0.05, 0.1) is 0 Å². The molecule has 0 radical (unpaired) electrons. The summed E-state index contributed by atoms with van der Waals surface area (Å²) in [5, 5.41) is 0. The molecule has 0 N–H and O–H groups in total. The molecule has 0 atom stereocenters. The summed E-state index contributed by atoms with van der Waals surface area (Å²) in [4.78, 5) is 16.7. The molecule has 96 valence electrons. The average molecular weight is 244 g/mol. The second-order valence-electron chi connectivity index (χ2n) is 5.66. The topological polar surface area (TPSA) is 23.6 Å². The Labute approximate surface area is 108 Å². The Morgan fingerprint density at radius 2 is 2.11 bits per heavy atom. The van der Waals surface area contributed by atoms with Crippen LogP contribution in [0.25, 0.3) is 0 Å². The maximum Gasteiger partial charge on any atom is 0.254 e. The van der Waals surface area contributed by atoms with Crippen LogP contribution in [-0.2, 0) is 13.0 Å². The number of fused-ring (bicyclic) bond motifs is 1. The van der Waals surface area contributed by atoms with E-state index in [1.165, 1.54) is 24.0 Å². The van der Waals surface area contributed by atoms with Crippen molar-refractivity contribution in [3.05, 3.63) is 34.9 Å². The smallest absolute Gasteiger partial charge is 0.254 e. The number of benzene rings is 1. The molecule has 18 heavy (non-hydrogen) atoms. The van der Waals surface area contributed by atoms with Crippen LogP contribution in [0.5, 0.6) is 0 Å². The van der Waals surface area contributed by atoms with Gasteiger partial charge in [0, 0.05) is 24.7 Å². The monoisotopic (exact) mass is 244 g/mol. The van der Waals surface area contributed by atoms with Gasteiger partial charge in [-0.15, -0.1) is 0 Å². The number of nitrogens with zero attached hydrogens (tertiary/aromatic N) is 2. The van der Waals surface area contributed by atoms with Crippen molar-refractivity contribution in [3.8, 4) is 0 Å². The molecule has 1 amide bonds. The van der Waals surface area contributed by atoms with Gasteiger partial charge < -0.3 is 9.80 Å². The summed E-state index contributed by atoms with van der Waals surface area (Å²) in [5.41, 5.74) is 3.52. The zero-order valence-corrected chi connectivity index (χ0v) is 11.1. The normalized spacial score (nSPS) is 19.3. The third kappa shape index (κ3) is 2.03. The molecule has 1 saturated carbocycles. The molecular formula is C15H20N2O. The summed E-state index contributed by atoms with van der Waals surface area (Å²) < 4.78 is 0. The van der Waals surface area contributed by atoms with E-state index in [1.54, 1.807) is 0 Å². The number of rotatable bonds is 3. The molecule has 3 rings (SSSR count). The van der Waals surface area contributed by atoms with Gasteiger partial charge in [-0.2, -0.15) is 0 Å². The average Bonchev–Trinajstić information content (AvgIpc) is 3.14. The van der Waals surface area contributed by atoms with Crippen LogP contribution in [0, 0.1) is 0 Å². The number of hydrogen-bond donors (Lipinski definition) is 0. The predicted molar refractivity (Wildman–Crippen MR) is 71.6 cm³/mol. The molecule has 0 bridgehead atoms. The summed E-state index contributed by atoms with van der Waals surface area (Å²) in [6, 6.07) is 6.69. The zero-order valence-electron chi connectivity index (χ0n) is 11.1. The summed E-state index contributed by atoms with van der Waals surface area (Å²) >= 11 is 0. The largest absolute Gasteiger partial charge is 0.335 e. The van der Waals surface area contributed by atoms with Crippen molar-refractivity contribution in [1.29, 1.82) is 0 Å². The lowest BCUT2D eigenvalue weighted by Crippen LogP contribution is -2.39. The molecule has 1 aromatic carbocycles. The Hall–Kier alpha value is -1.35. The van der Waals surface area contributed by atoms with Gasteiger partial charge in [0.25, 0.3) is 5.91 Å². The highest BCUT2D eigenvalue weighted by molar-refractivity contribution is 5.97. The van der Waals surface area contributed by atoms with Crippen molar-refractivity contribution in [2.24, 2.45) is 0 Å². The van der Waals surface area contributed by atoms with Crippen LogP contribution in [0.2, 0.25) is 0 Å². The SMILES string of the molecule is CN(C)Cc1cccc2c1CCN(C1CC1)C2=O. The minimum absolute atomic E-state index is 0.249. The predicted octanol–water partition coefficient (Wildman–Crippen LogP) is 1.91.